The van der Waals surface area contributed by atoms with Crippen LogP contribution in [0, 0.1) is 5.92 Å². The summed E-state index contributed by atoms with van der Waals surface area (Å²) in [5, 5.41) is 2.98. The Hall–Kier alpha value is -1.84. The fraction of sp³-hybridized carbons (Fsp3) is 0.556. The van der Waals surface area contributed by atoms with E-state index >= 15 is 0 Å². The van der Waals surface area contributed by atoms with Gasteiger partial charge in [0.25, 0.3) is 5.91 Å². The van der Waals surface area contributed by atoms with Crippen LogP contribution in [0.3, 0.4) is 0 Å². The molecular formula is C18H25NO3. The summed E-state index contributed by atoms with van der Waals surface area (Å²) in [7, 11) is 0. The third-order valence-electron chi connectivity index (χ3n) is 4.39. The molecule has 1 amide bonds. The quantitative estimate of drug-likeness (QED) is 0.850. The summed E-state index contributed by atoms with van der Waals surface area (Å²) >= 11 is 0. The number of nitrogens with one attached hydrogen (secondary N) is 1. The van der Waals surface area contributed by atoms with E-state index in [0.717, 1.165) is 25.7 Å². The molecule has 4 nitrogen and oxygen atoms in total. The molecule has 1 aromatic carbocycles. The lowest BCUT2D eigenvalue weighted by atomic mass is 9.86. The van der Waals surface area contributed by atoms with E-state index in [-0.39, 0.29) is 18.6 Å². The molecular weight excluding hydrogens is 278 g/mol. The molecule has 1 aliphatic rings. The predicted molar refractivity (Wildman–Crippen MR) is 85.7 cm³/mol. The molecule has 0 spiro atoms. The average Bonchev–Trinajstić information content (AvgIpc) is 2.55. The maximum Gasteiger partial charge on any atom is 0.338 e. The number of carbonyl (C=O) groups excluding carboxylic acids is 2. The normalized spacial score (nSPS) is 21.2. The molecule has 1 N–H and O–H groups in total. The van der Waals surface area contributed by atoms with Crippen LogP contribution in [-0.2, 0) is 16.0 Å². The Morgan fingerprint density at radius 2 is 1.86 bits per heavy atom. The Morgan fingerprint density at radius 1 is 1.18 bits per heavy atom. The van der Waals surface area contributed by atoms with Crippen LogP contribution < -0.4 is 5.32 Å². The summed E-state index contributed by atoms with van der Waals surface area (Å²) in [6, 6.07) is 7.49. The monoisotopic (exact) mass is 303 g/mol. The van der Waals surface area contributed by atoms with Crippen LogP contribution in [0.1, 0.15) is 55.5 Å². The zero-order chi connectivity index (χ0) is 15.9. The Morgan fingerprint density at radius 3 is 2.50 bits per heavy atom. The molecule has 0 radical (unpaired) electrons. The van der Waals surface area contributed by atoms with Crippen LogP contribution in [0.25, 0.3) is 0 Å². The smallest absolute Gasteiger partial charge is 0.338 e. The first-order valence-corrected chi connectivity index (χ1v) is 8.15. The van der Waals surface area contributed by atoms with Gasteiger partial charge in [0.2, 0.25) is 0 Å². The van der Waals surface area contributed by atoms with Crippen molar-refractivity contribution in [2.24, 2.45) is 5.92 Å². The number of benzene rings is 1. The number of esters is 1. The van der Waals surface area contributed by atoms with Gasteiger partial charge in [0, 0.05) is 6.04 Å². The van der Waals surface area contributed by atoms with Gasteiger partial charge in [0.1, 0.15) is 0 Å². The first kappa shape index (κ1) is 16.5. The van der Waals surface area contributed by atoms with Gasteiger partial charge >= 0.3 is 5.97 Å². The SMILES string of the molecule is CCc1ccc(C(=O)OCC(=O)N[C@@H]2CCCC[C@H]2C)cc1. The van der Waals surface area contributed by atoms with Crippen LogP contribution in [0.15, 0.2) is 24.3 Å². The van der Waals surface area contributed by atoms with Crippen LogP contribution in [0.5, 0.6) is 0 Å². The van der Waals surface area contributed by atoms with Crippen LogP contribution in [0.2, 0.25) is 0 Å². The highest BCUT2D eigenvalue weighted by Crippen LogP contribution is 2.23. The second-order valence-electron chi connectivity index (χ2n) is 6.06. The largest absolute Gasteiger partial charge is 0.452 e. The van der Waals surface area contributed by atoms with Crippen molar-refractivity contribution >= 4 is 11.9 Å². The third-order valence-corrected chi connectivity index (χ3v) is 4.39. The van der Waals surface area contributed by atoms with E-state index in [2.05, 4.69) is 19.2 Å². The van der Waals surface area contributed by atoms with Crippen molar-refractivity contribution < 1.29 is 14.3 Å². The lowest BCUT2D eigenvalue weighted by molar-refractivity contribution is -0.125. The zero-order valence-corrected chi connectivity index (χ0v) is 13.4. The molecule has 120 valence electrons. The zero-order valence-electron chi connectivity index (χ0n) is 13.4. The average molecular weight is 303 g/mol. The molecule has 4 heteroatoms. The highest BCUT2D eigenvalue weighted by atomic mass is 16.5. The second-order valence-corrected chi connectivity index (χ2v) is 6.06. The van der Waals surface area contributed by atoms with E-state index in [1.165, 1.54) is 12.0 Å². The summed E-state index contributed by atoms with van der Waals surface area (Å²) in [4.78, 5) is 23.8. The van der Waals surface area contributed by atoms with Crippen molar-refractivity contribution in [2.75, 3.05) is 6.61 Å². The van der Waals surface area contributed by atoms with E-state index in [4.69, 9.17) is 4.74 Å². The molecule has 1 aliphatic carbocycles. The van der Waals surface area contributed by atoms with Gasteiger partial charge in [-0.2, -0.15) is 0 Å². The molecule has 0 bridgehead atoms. The molecule has 0 saturated heterocycles. The van der Waals surface area contributed by atoms with Crippen LogP contribution in [-0.4, -0.2) is 24.5 Å². The third kappa shape index (κ3) is 4.58. The molecule has 0 unspecified atom stereocenters. The first-order valence-electron chi connectivity index (χ1n) is 8.15. The Kier molecular flexibility index (Phi) is 5.99. The number of carbonyl (C=O) groups is 2. The molecule has 1 fully saturated rings. The van der Waals surface area contributed by atoms with Crippen molar-refractivity contribution in [3.05, 3.63) is 35.4 Å². The van der Waals surface area contributed by atoms with Crippen molar-refractivity contribution in [1.82, 2.24) is 5.32 Å². The van der Waals surface area contributed by atoms with Crippen molar-refractivity contribution in [3.8, 4) is 0 Å². The standard InChI is InChI=1S/C18H25NO3/c1-3-14-8-10-15(11-9-14)18(21)22-12-17(20)19-16-7-5-4-6-13(16)2/h8-11,13,16H,3-7,12H2,1-2H3,(H,19,20)/t13-,16-/m1/s1. The van der Waals surface area contributed by atoms with Gasteiger partial charge in [-0.25, -0.2) is 4.79 Å². The number of aryl methyl sites for hydroxylation is 1. The van der Waals surface area contributed by atoms with Crippen molar-refractivity contribution in [2.45, 2.75) is 52.0 Å². The maximum atomic E-state index is 11.9. The lowest BCUT2D eigenvalue weighted by Crippen LogP contribution is -2.42. The van der Waals surface area contributed by atoms with E-state index in [1.807, 2.05) is 12.1 Å². The number of amides is 1. The molecule has 2 rings (SSSR count). The highest BCUT2D eigenvalue weighted by molar-refractivity contribution is 5.91. The molecule has 1 saturated carbocycles. The number of rotatable bonds is 5. The molecule has 2 atom stereocenters. The predicted octanol–water partition coefficient (Wildman–Crippen LogP) is 3.10. The van der Waals surface area contributed by atoms with Crippen molar-refractivity contribution in [1.29, 1.82) is 0 Å². The molecule has 1 aromatic rings. The Balaban J connectivity index is 1.78. The van der Waals surface area contributed by atoms with Gasteiger partial charge < -0.3 is 10.1 Å². The first-order chi connectivity index (χ1) is 10.6. The van der Waals surface area contributed by atoms with Gasteiger partial charge in [-0.15, -0.1) is 0 Å². The number of hydrogen-bond acceptors (Lipinski definition) is 3. The molecule has 0 aromatic heterocycles. The minimum Gasteiger partial charge on any atom is -0.452 e. The summed E-state index contributed by atoms with van der Waals surface area (Å²) in [6.07, 6.45) is 5.47. The van der Waals surface area contributed by atoms with Crippen molar-refractivity contribution in [3.63, 3.8) is 0 Å². The molecule has 0 heterocycles. The summed E-state index contributed by atoms with van der Waals surface area (Å²) in [5.74, 6) is -0.165. The minimum atomic E-state index is -0.450. The molecule has 0 aliphatic heterocycles. The van der Waals surface area contributed by atoms with E-state index in [0.29, 0.717) is 11.5 Å². The Labute approximate surface area is 132 Å². The minimum absolute atomic E-state index is 0.211. The summed E-state index contributed by atoms with van der Waals surface area (Å²) in [5.41, 5.74) is 1.65. The van der Waals surface area contributed by atoms with E-state index in [1.54, 1.807) is 12.1 Å². The summed E-state index contributed by atoms with van der Waals surface area (Å²) < 4.78 is 5.09. The number of hydrogen-bond donors (Lipinski definition) is 1. The second kappa shape index (κ2) is 7.97. The van der Waals surface area contributed by atoms with Gasteiger partial charge in [-0.3, -0.25) is 4.79 Å². The van der Waals surface area contributed by atoms with E-state index < -0.39 is 5.97 Å². The fourth-order valence-corrected chi connectivity index (χ4v) is 2.87. The summed E-state index contributed by atoms with van der Waals surface area (Å²) in [6.45, 7) is 4.01. The van der Waals surface area contributed by atoms with Crippen LogP contribution in [0.4, 0.5) is 0 Å². The Bertz CT molecular complexity index is 510. The fourth-order valence-electron chi connectivity index (χ4n) is 2.87. The van der Waals surface area contributed by atoms with Gasteiger partial charge in [-0.05, 0) is 42.9 Å². The topological polar surface area (TPSA) is 55.4 Å². The van der Waals surface area contributed by atoms with Gasteiger partial charge in [0.05, 0.1) is 5.56 Å². The maximum absolute atomic E-state index is 11.9. The lowest BCUT2D eigenvalue weighted by Gasteiger charge is -2.29. The highest BCUT2D eigenvalue weighted by Gasteiger charge is 2.23. The van der Waals surface area contributed by atoms with E-state index in [9.17, 15) is 9.59 Å². The molecule has 22 heavy (non-hydrogen) atoms. The van der Waals surface area contributed by atoms with Gasteiger partial charge in [0.15, 0.2) is 6.61 Å². The van der Waals surface area contributed by atoms with Gasteiger partial charge in [-0.1, -0.05) is 38.8 Å². The number of ether oxygens (including phenoxy) is 1. The van der Waals surface area contributed by atoms with Crippen LogP contribution >= 0.6 is 0 Å².